The van der Waals surface area contributed by atoms with Crippen LogP contribution in [-0.4, -0.2) is 30.0 Å². The van der Waals surface area contributed by atoms with Gasteiger partial charge in [0.15, 0.2) is 15.0 Å². The van der Waals surface area contributed by atoms with Gasteiger partial charge >= 0.3 is 0 Å². The summed E-state index contributed by atoms with van der Waals surface area (Å²) < 4.78 is 26.5. The van der Waals surface area contributed by atoms with Gasteiger partial charge in [0.2, 0.25) is 5.91 Å². The Morgan fingerprint density at radius 1 is 1.00 bits per heavy atom. The Hall–Kier alpha value is -3.10. The van der Waals surface area contributed by atoms with Crippen molar-refractivity contribution in [3.05, 3.63) is 89.2 Å². The Morgan fingerprint density at radius 2 is 1.72 bits per heavy atom. The van der Waals surface area contributed by atoms with Crippen LogP contribution in [0.15, 0.2) is 67.0 Å². The molecule has 0 spiro atoms. The number of hydrogen-bond donors (Lipinski definition) is 0. The summed E-state index contributed by atoms with van der Waals surface area (Å²) >= 11 is 1.38. The standard InChI is InChI=1S/C24H23N3O3S2/c1-17-11-21-22(12-18(17)2)31-24(26-21)27(14-20-9-6-10-25-13-20)23(28)16-32(29,30)15-19-7-4-3-5-8-19/h3-13H,14-16H2,1-2H3. The number of nitrogens with zero attached hydrogens (tertiary/aromatic N) is 3. The number of hydrogen-bond acceptors (Lipinski definition) is 6. The molecule has 164 valence electrons. The molecule has 2 aromatic heterocycles. The summed E-state index contributed by atoms with van der Waals surface area (Å²) in [7, 11) is -3.65. The normalized spacial score (nSPS) is 11.6. The first-order chi connectivity index (χ1) is 15.3. The molecule has 2 aromatic carbocycles. The molecule has 0 radical (unpaired) electrons. The molecule has 6 nitrogen and oxygen atoms in total. The van der Waals surface area contributed by atoms with E-state index in [2.05, 4.69) is 9.97 Å². The van der Waals surface area contributed by atoms with Gasteiger partial charge in [0.1, 0.15) is 5.75 Å². The fraction of sp³-hybridized carbons (Fsp3) is 0.208. The highest BCUT2D eigenvalue weighted by atomic mass is 32.2. The lowest BCUT2D eigenvalue weighted by Gasteiger charge is -2.20. The summed E-state index contributed by atoms with van der Waals surface area (Å²) in [6.07, 6.45) is 3.32. The molecular formula is C24H23N3O3S2. The van der Waals surface area contributed by atoms with Crippen LogP contribution in [0.4, 0.5) is 5.13 Å². The van der Waals surface area contributed by atoms with Crippen molar-refractivity contribution in [1.29, 1.82) is 0 Å². The zero-order chi connectivity index (χ0) is 22.7. The smallest absolute Gasteiger partial charge is 0.244 e. The van der Waals surface area contributed by atoms with E-state index in [-0.39, 0.29) is 12.3 Å². The molecule has 1 amide bonds. The monoisotopic (exact) mass is 465 g/mol. The number of pyridine rings is 1. The summed E-state index contributed by atoms with van der Waals surface area (Å²) in [5.41, 5.74) is 4.51. The number of sulfone groups is 1. The number of amides is 1. The molecule has 0 fully saturated rings. The number of thiazole rings is 1. The molecule has 0 aliphatic rings. The maximum Gasteiger partial charge on any atom is 0.244 e. The molecule has 0 saturated carbocycles. The van der Waals surface area contributed by atoms with Gasteiger partial charge in [0.05, 0.1) is 22.5 Å². The second kappa shape index (κ2) is 9.18. The van der Waals surface area contributed by atoms with E-state index < -0.39 is 21.5 Å². The topological polar surface area (TPSA) is 80.2 Å². The van der Waals surface area contributed by atoms with E-state index in [1.54, 1.807) is 42.7 Å². The van der Waals surface area contributed by atoms with Gasteiger partial charge in [-0.2, -0.15) is 0 Å². The van der Waals surface area contributed by atoms with Crippen molar-refractivity contribution in [1.82, 2.24) is 9.97 Å². The van der Waals surface area contributed by atoms with Gasteiger partial charge in [-0.25, -0.2) is 13.4 Å². The maximum atomic E-state index is 13.3. The first-order valence-corrected chi connectivity index (χ1v) is 12.8. The highest BCUT2D eigenvalue weighted by Crippen LogP contribution is 2.32. The summed E-state index contributed by atoms with van der Waals surface area (Å²) in [4.78, 5) is 23.5. The minimum absolute atomic E-state index is 0.182. The van der Waals surface area contributed by atoms with E-state index in [1.165, 1.54) is 16.2 Å². The third-order valence-corrected chi connectivity index (χ3v) is 7.66. The summed E-state index contributed by atoms with van der Waals surface area (Å²) in [5.74, 6) is -1.27. The van der Waals surface area contributed by atoms with Crippen LogP contribution < -0.4 is 4.90 Å². The predicted octanol–water partition coefficient (Wildman–Crippen LogP) is 4.46. The van der Waals surface area contributed by atoms with Crippen LogP contribution in [0.1, 0.15) is 22.3 Å². The Balaban J connectivity index is 1.65. The lowest BCUT2D eigenvalue weighted by molar-refractivity contribution is -0.116. The quantitative estimate of drug-likeness (QED) is 0.403. The van der Waals surface area contributed by atoms with Crippen molar-refractivity contribution >= 4 is 42.4 Å². The fourth-order valence-corrected chi connectivity index (χ4v) is 5.76. The van der Waals surface area contributed by atoms with E-state index >= 15 is 0 Å². The summed E-state index contributed by atoms with van der Waals surface area (Å²) in [6.45, 7) is 4.25. The number of benzene rings is 2. The van der Waals surface area contributed by atoms with Gasteiger partial charge in [-0.3, -0.25) is 14.7 Å². The molecule has 8 heteroatoms. The molecule has 2 heterocycles. The van der Waals surface area contributed by atoms with Gasteiger partial charge in [-0.1, -0.05) is 47.7 Å². The van der Waals surface area contributed by atoms with E-state index in [0.29, 0.717) is 10.7 Å². The fourth-order valence-electron chi connectivity index (χ4n) is 3.37. The molecule has 0 aliphatic carbocycles. The van der Waals surface area contributed by atoms with Crippen LogP contribution in [0.2, 0.25) is 0 Å². The van der Waals surface area contributed by atoms with Crippen LogP contribution in [0.25, 0.3) is 10.2 Å². The third kappa shape index (κ3) is 5.20. The Kier molecular flexibility index (Phi) is 6.34. The van der Waals surface area contributed by atoms with E-state index in [0.717, 1.165) is 26.9 Å². The van der Waals surface area contributed by atoms with Gasteiger partial charge < -0.3 is 0 Å². The summed E-state index contributed by atoms with van der Waals surface area (Å²) in [6, 6.07) is 16.6. The zero-order valence-corrected chi connectivity index (χ0v) is 19.5. The first-order valence-electron chi connectivity index (χ1n) is 10.1. The van der Waals surface area contributed by atoms with Crippen LogP contribution >= 0.6 is 11.3 Å². The molecule has 0 unspecified atom stereocenters. The Morgan fingerprint density at radius 3 is 2.44 bits per heavy atom. The molecule has 4 aromatic rings. The minimum Gasteiger partial charge on any atom is -0.283 e. The highest BCUT2D eigenvalue weighted by Gasteiger charge is 2.26. The molecule has 4 rings (SSSR count). The number of anilines is 1. The highest BCUT2D eigenvalue weighted by molar-refractivity contribution is 7.91. The van der Waals surface area contributed by atoms with Crippen molar-refractivity contribution in [3.63, 3.8) is 0 Å². The Labute approximate surface area is 191 Å². The van der Waals surface area contributed by atoms with Gasteiger partial charge in [0, 0.05) is 12.4 Å². The van der Waals surface area contributed by atoms with Crippen molar-refractivity contribution in [2.24, 2.45) is 0 Å². The average molecular weight is 466 g/mol. The lowest BCUT2D eigenvalue weighted by Crippen LogP contribution is -2.35. The first kappa shape index (κ1) is 22.1. The lowest BCUT2D eigenvalue weighted by atomic mass is 10.1. The molecule has 0 bridgehead atoms. The minimum atomic E-state index is -3.65. The number of carbonyl (C=O) groups is 1. The number of aromatic nitrogens is 2. The maximum absolute atomic E-state index is 13.3. The van der Waals surface area contributed by atoms with Crippen molar-refractivity contribution < 1.29 is 13.2 Å². The average Bonchev–Trinajstić information content (AvgIpc) is 3.15. The van der Waals surface area contributed by atoms with Crippen molar-refractivity contribution in [2.75, 3.05) is 10.7 Å². The molecular weight excluding hydrogens is 442 g/mol. The van der Waals surface area contributed by atoms with Crippen molar-refractivity contribution in [2.45, 2.75) is 26.1 Å². The zero-order valence-electron chi connectivity index (χ0n) is 17.9. The second-order valence-electron chi connectivity index (χ2n) is 7.76. The molecule has 0 aliphatic heterocycles. The SMILES string of the molecule is Cc1cc2nc(N(Cc3cccnc3)C(=O)CS(=O)(=O)Cc3ccccc3)sc2cc1C. The number of aryl methyl sites for hydroxylation is 2. The third-order valence-electron chi connectivity index (χ3n) is 5.16. The van der Waals surface area contributed by atoms with Crippen LogP contribution in [0, 0.1) is 13.8 Å². The van der Waals surface area contributed by atoms with Crippen LogP contribution in [-0.2, 0) is 26.9 Å². The molecule has 32 heavy (non-hydrogen) atoms. The second-order valence-corrected chi connectivity index (χ2v) is 10.8. The molecule has 0 atom stereocenters. The number of carbonyl (C=O) groups excluding carboxylic acids is 1. The van der Waals surface area contributed by atoms with Crippen molar-refractivity contribution in [3.8, 4) is 0 Å². The van der Waals surface area contributed by atoms with E-state index in [9.17, 15) is 13.2 Å². The summed E-state index contributed by atoms with van der Waals surface area (Å²) in [5, 5.41) is 0.480. The van der Waals surface area contributed by atoms with E-state index in [4.69, 9.17) is 0 Å². The molecule has 0 N–H and O–H groups in total. The Bertz CT molecular complexity index is 1310. The van der Waals surface area contributed by atoms with Gasteiger partial charge in [-0.05, 0) is 54.3 Å². The van der Waals surface area contributed by atoms with E-state index in [1.807, 2.05) is 38.1 Å². The van der Waals surface area contributed by atoms with Gasteiger partial charge in [0.25, 0.3) is 0 Å². The number of rotatable bonds is 7. The largest absolute Gasteiger partial charge is 0.283 e. The van der Waals surface area contributed by atoms with Gasteiger partial charge in [-0.15, -0.1) is 0 Å². The van der Waals surface area contributed by atoms with Crippen LogP contribution in [0.5, 0.6) is 0 Å². The predicted molar refractivity (Wildman–Crippen MR) is 128 cm³/mol. The van der Waals surface area contributed by atoms with Crippen LogP contribution in [0.3, 0.4) is 0 Å². The molecule has 0 saturated heterocycles. The number of fused-ring (bicyclic) bond motifs is 1.